The molecule has 1 atom stereocenters. The molecule has 0 aliphatic carbocycles. The summed E-state index contributed by atoms with van der Waals surface area (Å²) in [5, 5.41) is 7.59. The number of aromatic nitrogens is 3. The molecule has 1 N–H and O–H groups in total. The monoisotopic (exact) mass is 384 g/mol. The highest BCUT2D eigenvalue weighted by Crippen LogP contribution is 2.21. The van der Waals surface area contributed by atoms with E-state index in [2.05, 4.69) is 15.4 Å². The molecule has 27 heavy (non-hydrogen) atoms. The predicted octanol–water partition coefficient (Wildman–Crippen LogP) is 3.27. The smallest absolute Gasteiger partial charge is 0.267 e. The number of carbonyl (C=O) groups excluding carboxylic acids is 1. The van der Waals surface area contributed by atoms with Crippen molar-refractivity contribution in [2.75, 3.05) is 11.9 Å². The van der Waals surface area contributed by atoms with Gasteiger partial charge in [0.15, 0.2) is 5.13 Å². The maximum atomic E-state index is 12.5. The minimum absolute atomic E-state index is 0.345. The van der Waals surface area contributed by atoms with Crippen molar-refractivity contribution in [1.29, 1.82) is 0 Å². The Hall–Kier alpha value is -3.00. The molecule has 7 nitrogen and oxygen atoms in total. The summed E-state index contributed by atoms with van der Waals surface area (Å²) in [5.41, 5.74) is 1.08. The zero-order valence-corrected chi connectivity index (χ0v) is 16.1. The van der Waals surface area contributed by atoms with Gasteiger partial charge in [-0.1, -0.05) is 0 Å². The second kappa shape index (κ2) is 8.13. The van der Waals surface area contributed by atoms with Gasteiger partial charge in [-0.15, -0.1) is 11.3 Å². The number of nitrogens with one attached hydrogen (secondary N) is 1. The molecular formula is C19H20N4O3S. The zero-order chi connectivity index (χ0) is 19.4. The molecule has 2 aromatic heterocycles. The second-order valence-electron chi connectivity index (χ2n) is 5.90. The van der Waals surface area contributed by atoms with E-state index in [0.717, 1.165) is 16.2 Å². The molecular weight excluding hydrogens is 364 g/mol. The molecule has 0 aliphatic rings. The lowest BCUT2D eigenvalue weighted by Gasteiger charge is -2.14. The van der Waals surface area contributed by atoms with Crippen LogP contribution in [0.1, 0.15) is 24.8 Å². The van der Waals surface area contributed by atoms with Gasteiger partial charge >= 0.3 is 0 Å². The SMILES string of the molecule is CCOc1ccc(-c2ccc(=O)n(C(C)C(=O)Nc3ncc(C)s3)n2)cc1. The van der Waals surface area contributed by atoms with Gasteiger partial charge < -0.3 is 10.1 Å². The Balaban J connectivity index is 1.83. The number of rotatable bonds is 6. The Kier molecular flexibility index (Phi) is 5.66. The zero-order valence-electron chi connectivity index (χ0n) is 15.3. The van der Waals surface area contributed by atoms with Crippen LogP contribution >= 0.6 is 11.3 Å². The number of amides is 1. The number of carbonyl (C=O) groups is 1. The lowest BCUT2D eigenvalue weighted by molar-refractivity contribution is -0.119. The van der Waals surface area contributed by atoms with Crippen molar-refractivity contribution in [2.24, 2.45) is 0 Å². The van der Waals surface area contributed by atoms with E-state index in [1.165, 1.54) is 22.1 Å². The van der Waals surface area contributed by atoms with Crippen LogP contribution in [0.4, 0.5) is 5.13 Å². The van der Waals surface area contributed by atoms with E-state index < -0.39 is 6.04 Å². The normalized spacial score (nSPS) is 11.8. The van der Waals surface area contributed by atoms with Gasteiger partial charge in [0.2, 0.25) is 0 Å². The minimum atomic E-state index is -0.774. The van der Waals surface area contributed by atoms with Crippen molar-refractivity contribution >= 4 is 22.4 Å². The van der Waals surface area contributed by atoms with Crippen LogP contribution in [0.5, 0.6) is 5.75 Å². The largest absolute Gasteiger partial charge is 0.494 e. The number of hydrogen-bond donors (Lipinski definition) is 1. The Labute approximate surface area is 160 Å². The van der Waals surface area contributed by atoms with Gasteiger partial charge in [0.1, 0.15) is 11.8 Å². The Morgan fingerprint density at radius 2 is 2.00 bits per heavy atom. The van der Waals surface area contributed by atoms with E-state index in [4.69, 9.17) is 4.74 Å². The molecule has 1 aromatic carbocycles. The van der Waals surface area contributed by atoms with Crippen LogP contribution in [0.2, 0.25) is 0 Å². The molecule has 3 aromatic rings. The fourth-order valence-corrected chi connectivity index (χ4v) is 3.15. The summed E-state index contributed by atoms with van der Waals surface area (Å²) in [7, 11) is 0. The second-order valence-corrected chi connectivity index (χ2v) is 7.13. The molecule has 0 fully saturated rings. The average Bonchev–Trinajstić information content (AvgIpc) is 3.07. The summed E-state index contributed by atoms with van der Waals surface area (Å²) in [4.78, 5) is 29.8. The van der Waals surface area contributed by atoms with Crippen LogP contribution in [-0.2, 0) is 4.79 Å². The standard InChI is InChI=1S/C19H20N4O3S/c1-4-26-15-7-5-14(6-8-15)16-9-10-17(24)23(22-16)13(3)18(25)21-19-20-11-12(2)27-19/h5-11,13H,4H2,1-3H3,(H,20,21,25). The highest BCUT2D eigenvalue weighted by atomic mass is 32.1. The van der Waals surface area contributed by atoms with E-state index in [9.17, 15) is 9.59 Å². The first kappa shape index (κ1) is 18.8. The average molecular weight is 384 g/mol. The predicted molar refractivity (Wildman–Crippen MR) is 105 cm³/mol. The van der Waals surface area contributed by atoms with Crippen LogP contribution in [-0.4, -0.2) is 27.3 Å². The number of anilines is 1. The molecule has 1 amide bonds. The maximum Gasteiger partial charge on any atom is 0.267 e. The third-order valence-corrected chi connectivity index (χ3v) is 4.71. The van der Waals surface area contributed by atoms with Crippen LogP contribution in [0, 0.1) is 6.92 Å². The molecule has 0 radical (unpaired) electrons. The highest BCUT2D eigenvalue weighted by Gasteiger charge is 2.19. The number of thiazole rings is 1. The van der Waals surface area contributed by atoms with Crippen LogP contribution in [0.3, 0.4) is 0 Å². The van der Waals surface area contributed by atoms with Crippen LogP contribution in [0.15, 0.2) is 47.4 Å². The Morgan fingerprint density at radius 3 is 2.63 bits per heavy atom. The number of nitrogens with zero attached hydrogens (tertiary/aromatic N) is 3. The number of ether oxygens (including phenoxy) is 1. The van der Waals surface area contributed by atoms with Gasteiger partial charge in [0.25, 0.3) is 11.5 Å². The lowest BCUT2D eigenvalue weighted by Crippen LogP contribution is -2.33. The van der Waals surface area contributed by atoms with E-state index >= 15 is 0 Å². The topological polar surface area (TPSA) is 86.1 Å². The van der Waals surface area contributed by atoms with Crippen LogP contribution in [0.25, 0.3) is 11.3 Å². The van der Waals surface area contributed by atoms with Crippen molar-refractivity contribution in [3.05, 3.63) is 57.8 Å². The molecule has 0 spiro atoms. The maximum absolute atomic E-state index is 12.5. The third-order valence-electron chi connectivity index (χ3n) is 3.88. The molecule has 8 heteroatoms. The first-order chi connectivity index (χ1) is 13.0. The molecule has 2 heterocycles. The van der Waals surface area contributed by atoms with Gasteiger partial charge in [-0.05, 0) is 51.1 Å². The van der Waals surface area contributed by atoms with Gasteiger partial charge in [-0.2, -0.15) is 5.10 Å². The summed E-state index contributed by atoms with van der Waals surface area (Å²) in [5.74, 6) is 0.420. The fourth-order valence-electron chi connectivity index (χ4n) is 2.48. The molecule has 3 rings (SSSR count). The summed E-state index contributed by atoms with van der Waals surface area (Å²) in [6, 6.07) is 9.70. The quantitative estimate of drug-likeness (QED) is 0.705. The summed E-state index contributed by atoms with van der Waals surface area (Å²) < 4.78 is 6.62. The van der Waals surface area contributed by atoms with Gasteiger partial charge in [0, 0.05) is 22.7 Å². The van der Waals surface area contributed by atoms with E-state index in [-0.39, 0.29) is 11.5 Å². The van der Waals surface area contributed by atoms with Crippen molar-refractivity contribution in [3.63, 3.8) is 0 Å². The van der Waals surface area contributed by atoms with E-state index in [1.54, 1.807) is 19.2 Å². The molecule has 0 saturated heterocycles. The Bertz CT molecular complexity index is 995. The first-order valence-corrected chi connectivity index (χ1v) is 9.36. The van der Waals surface area contributed by atoms with E-state index in [1.807, 2.05) is 38.1 Å². The molecule has 1 unspecified atom stereocenters. The first-order valence-electron chi connectivity index (χ1n) is 8.54. The van der Waals surface area contributed by atoms with Crippen molar-refractivity contribution in [1.82, 2.24) is 14.8 Å². The number of hydrogen-bond acceptors (Lipinski definition) is 6. The van der Waals surface area contributed by atoms with Crippen molar-refractivity contribution < 1.29 is 9.53 Å². The Morgan fingerprint density at radius 1 is 1.26 bits per heavy atom. The van der Waals surface area contributed by atoms with Crippen molar-refractivity contribution in [2.45, 2.75) is 26.8 Å². The highest BCUT2D eigenvalue weighted by molar-refractivity contribution is 7.15. The van der Waals surface area contributed by atoms with Gasteiger partial charge in [0.05, 0.1) is 12.3 Å². The number of aryl methyl sites for hydroxylation is 1. The molecule has 0 aliphatic heterocycles. The molecule has 140 valence electrons. The third kappa shape index (κ3) is 4.40. The fraction of sp³-hybridized carbons (Fsp3) is 0.263. The number of benzene rings is 1. The van der Waals surface area contributed by atoms with Crippen molar-refractivity contribution in [3.8, 4) is 17.0 Å². The molecule has 0 saturated carbocycles. The lowest BCUT2D eigenvalue weighted by atomic mass is 10.1. The molecule has 0 bridgehead atoms. The van der Waals surface area contributed by atoms with Gasteiger partial charge in [-0.3, -0.25) is 9.59 Å². The summed E-state index contributed by atoms with van der Waals surface area (Å²) in [6.45, 7) is 6.05. The van der Waals surface area contributed by atoms with Crippen LogP contribution < -0.4 is 15.6 Å². The minimum Gasteiger partial charge on any atom is -0.494 e. The van der Waals surface area contributed by atoms with E-state index in [0.29, 0.717) is 17.4 Å². The summed E-state index contributed by atoms with van der Waals surface area (Å²) >= 11 is 1.38. The van der Waals surface area contributed by atoms with Gasteiger partial charge in [-0.25, -0.2) is 9.67 Å². The summed E-state index contributed by atoms with van der Waals surface area (Å²) in [6.07, 6.45) is 1.68.